The summed E-state index contributed by atoms with van der Waals surface area (Å²) in [6.45, 7) is 0. The molecule has 1 aliphatic rings. The maximum Gasteiger partial charge on any atom is 0.251 e. The first-order chi connectivity index (χ1) is 7.57. The molecular weight excluding hydrogens is 226 g/mol. The SMILES string of the molecule is O=C(N[C@H]1CCS(=O)(=O)C1)c1ccccc1. The van der Waals surface area contributed by atoms with Crippen LogP contribution in [0.4, 0.5) is 0 Å². The third-order valence-corrected chi connectivity index (χ3v) is 4.37. The standard InChI is InChI=1S/C11H13NO3S/c13-11(9-4-2-1-3-5-9)12-10-6-7-16(14,15)8-10/h1-5,10H,6-8H2,(H,12,13)/t10-/m0/s1. The fraction of sp³-hybridized carbons (Fsp3) is 0.364. The van der Waals surface area contributed by atoms with Crippen molar-refractivity contribution in [2.24, 2.45) is 0 Å². The monoisotopic (exact) mass is 239 g/mol. The van der Waals surface area contributed by atoms with Crippen LogP contribution in [0, 0.1) is 0 Å². The van der Waals surface area contributed by atoms with E-state index < -0.39 is 9.84 Å². The van der Waals surface area contributed by atoms with Crippen molar-refractivity contribution >= 4 is 15.7 Å². The predicted octanol–water partition coefficient (Wildman–Crippen LogP) is 0.603. The van der Waals surface area contributed by atoms with Crippen molar-refractivity contribution in [3.05, 3.63) is 35.9 Å². The van der Waals surface area contributed by atoms with E-state index in [2.05, 4.69) is 5.32 Å². The van der Waals surface area contributed by atoms with E-state index in [1.807, 2.05) is 6.07 Å². The van der Waals surface area contributed by atoms with E-state index >= 15 is 0 Å². The Morgan fingerprint density at radius 3 is 2.50 bits per heavy atom. The van der Waals surface area contributed by atoms with Gasteiger partial charge in [-0.2, -0.15) is 0 Å². The van der Waals surface area contributed by atoms with Gasteiger partial charge in [-0.25, -0.2) is 8.42 Å². The first-order valence-electron chi connectivity index (χ1n) is 5.13. The highest BCUT2D eigenvalue weighted by atomic mass is 32.2. The highest BCUT2D eigenvalue weighted by Gasteiger charge is 2.28. The van der Waals surface area contributed by atoms with Gasteiger partial charge in [0.25, 0.3) is 5.91 Å². The van der Waals surface area contributed by atoms with Crippen LogP contribution in [0.15, 0.2) is 30.3 Å². The van der Waals surface area contributed by atoms with Gasteiger partial charge in [0.1, 0.15) is 0 Å². The molecule has 0 radical (unpaired) electrons. The number of nitrogens with one attached hydrogen (secondary N) is 1. The van der Waals surface area contributed by atoms with Crippen molar-refractivity contribution in [2.75, 3.05) is 11.5 Å². The van der Waals surface area contributed by atoms with Crippen LogP contribution in [-0.2, 0) is 9.84 Å². The van der Waals surface area contributed by atoms with E-state index in [1.165, 1.54) is 0 Å². The molecule has 0 aliphatic carbocycles. The van der Waals surface area contributed by atoms with Crippen molar-refractivity contribution in [2.45, 2.75) is 12.5 Å². The molecule has 1 aromatic rings. The van der Waals surface area contributed by atoms with E-state index in [0.717, 1.165) is 0 Å². The van der Waals surface area contributed by atoms with Gasteiger partial charge in [0.2, 0.25) is 0 Å². The summed E-state index contributed by atoms with van der Waals surface area (Å²) in [6, 6.07) is 8.56. The molecular formula is C11H13NO3S. The number of benzene rings is 1. The maximum absolute atomic E-state index is 11.7. The first kappa shape index (κ1) is 11.1. The van der Waals surface area contributed by atoms with Crippen molar-refractivity contribution in [1.29, 1.82) is 0 Å². The van der Waals surface area contributed by atoms with Gasteiger partial charge in [-0.3, -0.25) is 4.79 Å². The van der Waals surface area contributed by atoms with Crippen LogP contribution in [0.2, 0.25) is 0 Å². The van der Waals surface area contributed by atoms with Gasteiger partial charge in [0.15, 0.2) is 9.84 Å². The number of hydrogen-bond acceptors (Lipinski definition) is 3. The highest BCUT2D eigenvalue weighted by Crippen LogP contribution is 2.12. The molecule has 1 N–H and O–H groups in total. The lowest BCUT2D eigenvalue weighted by Crippen LogP contribution is -2.35. The summed E-state index contributed by atoms with van der Waals surface area (Å²) in [7, 11) is -2.94. The normalized spacial score (nSPS) is 22.9. The number of sulfone groups is 1. The molecule has 1 atom stereocenters. The molecule has 16 heavy (non-hydrogen) atoms. The van der Waals surface area contributed by atoms with Crippen molar-refractivity contribution < 1.29 is 13.2 Å². The Hall–Kier alpha value is -1.36. The zero-order valence-corrected chi connectivity index (χ0v) is 9.53. The van der Waals surface area contributed by atoms with Crippen LogP contribution >= 0.6 is 0 Å². The second-order valence-electron chi connectivity index (χ2n) is 3.94. The Labute approximate surface area is 94.6 Å². The minimum Gasteiger partial charge on any atom is -0.348 e. The Kier molecular flexibility index (Phi) is 2.96. The molecule has 0 saturated carbocycles. The molecule has 1 saturated heterocycles. The molecule has 1 fully saturated rings. The molecule has 2 rings (SSSR count). The molecule has 0 spiro atoms. The third-order valence-electron chi connectivity index (χ3n) is 2.60. The van der Waals surface area contributed by atoms with Gasteiger partial charge < -0.3 is 5.32 Å². The highest BCUT2D eigenvalue weighted by molar-refractivity contribution is 7.91. The fourth-order valence-corrected chi connectivity index (χ4v) is 3.44. The Morgan fingerprint density at radius 1 is 1.25 bits per heavy atom. The molecule has 1 amide bonds. The molecule has 5 heteroatoms. The van der Waals surface area contributed by atoms with Crippen molar-refractivity contribution in [1.82, 2.24) is 5.32 Å². The van der Waals surface area contributed by atoms with Crippen LogP contribution in [0.5, 0.6) is 0 Å². The van der Waals surface area contributed by atoms with Gasteiger partial charge in [0, 0.05) is 11.6 Å². The Bertz CT molecular complexity index is 481. The molecule has 4 nitrogen and oxygen atoms in total. The number of rotatable bonds is 2. The summed E-state index contributed by atoms with van der Waals surface area (Å²) >= 11 is 0. The van der Waals surface area contributed by atoms with Gasteiger partial charge in [-0.1, -0.05) is 18.2 Å². The molecule has 0 bridgehead atoms. The van der Waals surface area contributed by atoms with E-state index in [9.17, 15) is 13.2 Å². The summed E-state index contributed by atoms with van der Waals surface area (Å²) in [5.41, 5.74) is 0.562. The minimum atomic E-state index is -2.94. The van der Waals surface area contributed by atoms with Crippen molar-refractivity contribution in [3.8, 4) is 0 Å². The summed E-state index contributed by atoms with van der Waals surface area (Å²) in [5.74, 6) is 0.0286. The molecule has 0 unspecified atom stereocenters. The van der Waals surface area contributed by atoms with Gasteiger partial charge >= 0.3 is 0 Å². The lowest BCUT2D eigenvalue weighted by Gasteiger charge is -2.10. The largest absolute Gasteiger partial charge is 0.348 e. The predicted molar refractivity (Wildman–Crippen MR) is 61.0 cm³/mol. The van der Waals surface area contributed by atoms with Gasteiger partial charge in [0.05, 0.1) is 11.5 Å². The lowest BCUT2D eigenvalue weighted by molar-refractivity contribution is 0.0941. The summed E-state index contributed by atoms with van der Waals surface area (Å²) < 4.78 is 22.4. The van der Waals surface area contributed by atoms with Crippen LogP contribution in [0.3, 0.4) is 0 Å². The first-order valence-corrected chi connectivity index (χ1v) is 6.95. The molecule has 1 heterocycles. The van der Waals surface area contributed by atoms with E-state index in [4.69, 9.17) is 0 Å². The number of amides is 1. The van der Waals surface area contributed by atoms with E-state index in [1.54, 1.807) is 24.3 Å². The molecule has 1 aromatic carbocycles. The second kappa shape index (κ2) is 4.25. The number of carbonyl (C=O) groups excluding carboxylic acids is 1. The minimum absolute atomic E-state index is 0.0611. The van der Waals surface area contributed by atoms with E-state index in [0.29, 0.717) is 12.0 Å². The van der Waals surface area contributed by atoms with Crippen LogP contribution in [0.25, 0.3) is 0 Å². The zero-order chi connectivity index (χ0) is 11.6. The zero-order valence-electron chi connectivity index (χ0n) is 8.72. The number of hydrogen-bond donors (Lipinski definition) is 1. The Balaban J connectivity index is 1.99. The average molecular weight is 239 g/mol. The van der Waals surface area contributed by atoms with Crippen LogP contribution in [0.1, 0.15) is 16.8 Å². The van der Waals surface area contributed by atoms with Gasteiger partial charge in [-0.05, 0) is 18.6 Å². The fourth-order valence-electron chi connectivity index (χ4n) is 1.77. The van der Waals surface area contributed by atoms with Crippen molar-refractivity contribution in [3.63, 3.8) is 0 Å². The average Bonchev–Trinajstić information content (AvgIpc) is 2.59. The van der Waals surface area contributed by atoms with Crippen LogP contribution in [-0.4, -0.2) is 31.9 Å². The van der Waals surface area contributed by atoms with Gasteiger partial charge in [-0.15, -0.1) is 0 Å². The number of carbonyl (C=O) groups is 1. The summed E-state index contributed by atoms with van der Waals surface area (Å²) in [6.07, 6.45) is 0.515. The quantitative estimate of drug-likeness (QED) is 0.822. The molecule has 86 valence electrons. The smallest absolute Gasteiger partial charge is 0.251 e. The van der Waals surface area contributed by atoms with Crippen LogP contribution < -0.4 is 5.32 Å². The second-order valence-corrected chi connectivity index (χ2v) is 6.17. The summed E-state index contributed by atoms with van der Waals surface area (Å²) in [5, 5.41) is 2.73. The summed E-state index contributed by atoms with van der Waals surface area (Å²) in [4.78, 5) is 11.7. The molecule has 1 aliphatic heterocycles. The lowest BCUT2D eigenvalue weighted by atomic mass is 10.2. The Morgan fingerprint density at radius 2 is 1.94 bits per heavy atom. The topological polar surface area (TPSA) is 63.2 Å². The third kappa shape index (κ3) is 2.61. The van der Waals surface area contributed by atoms with E-state index in [-0.39, 0.29) is 23.5 Å². The maximum atomic E-state index is 11.7. The molecule has 0 aromatic heterocycles.